The Morgan fingerprint density at radius 2 is 1.76 bits per heavy atom. The average Bonchev–Trinajstić information content (AvgIpc) is 2.36. The Labute approximate surface area is 125 Å². The lowest BCUT2D eigenvalue weighted by molar-refractivity contribution is 0.292. The summed E-state index contributed by atoms with van der Waals surface area (Å²) in [6.45, 7) is 1.25. The van der Waals surface area contributed by atoms with Crippen LogP contribution in [0.1, 0.15) is 11.1 Å². The van der Waals surface area contributed by atoms with Crippen LogP contribution in [0.4, 0.5) is 8.78 Å². The molecule has 7 heteroatoms. The van der Waals surface area contributed by atoms with Gasteiger partial charge < -0.3 is 4.74 Å². The minimum atomic E-state index is -3.83. The molecule has 0 N–H and O–H groups in total. The lowest BCUT2D eigenvalue weighted by atomic mass is 10.2. The molecule has 0 heterocycles. The highest BCUT2D eigenvalue weighted by Crippen LogP contribution is 2.25. The van der Waals surface area contributed by atoms with Crippen LogP contribution < -0.4 is 4.74 Å². The fraction of sp³-hybridized carbons (Fsp3) is 0.143. The van der Waals surface area contributed by atoms with Crippen molar-refractivity contribution < 1.29 is 21.9 Å². The number of benzene rings is 2. The summed E-state index contributed by atoms with van der Waals surface area (Å²) in [5.74, 6) is -1.11. The Kier molecular flexibility index (Phi) is 4.49. The van der Waals surface area contributed by atoms with E-state index in [0.717, 1.165) is 12.1 Å². The molecule has 0 atom stereocenters. The number of halogens is 3. The van der Waals surface area contributed by atoms with E-state index in [0.29, 0.717) is 11.3 Å². The molecule has 0 bridgehead atoms. The maximum Gasteiger partial charge on any atom is 0.261 e. The van der Waals surface area contributed by atoms with Gasteiger partial charge in [-0.2, -0.15) is 0 Å². The van der Waals surface area contributed by atoms with Gasteiger partial charge in [0.15, 0.2) is 0 Å². The monoisotopic (exact) mass is 332 g/mol. The van der Waals surface area contributed by atoms with E-state index in [1.165, 1.54) is 24.3 Å². The molecule has 2 rings (SSSR count). The third-order valence-corrected chi connectivity index (χ3v) is 4.34. The zero-order valence-electron chi connectivity index (χ0n) is 10.9. The van der Waals surface area contributed by atoms with E-state index in [2.05, 4.69) is 0 Å². The standard InChI is InChI=1S/C14H11ClF2O3S/c1-9-7-10(5-6-14(9)21(15,18)19)20-8-11-12(16)3-2-4-13(11)17/h2-7H,8H2,1H3. The van der Waals surface area contributed by atoms with Crippen molar-refractivity contribution in [1.29, 1.82) is 0 Å². The SMILES string of the molecule is Cc1cc(OCc2c(F)cccc2F)ccc1S(=O)(=O)Cl. The van der Waals surface area contributed by atoms with E-state index < -0.39 is 20.7 Å². The summed E-state index contributed by atoms with van der Waals surface area (Å²) in [6.07, 6.45) is 0. The molecule has 112 valence electrons. The third kappa shape index (κ3) is 3.71. The topological polar surface area (TPSA) is 43.4 Å². The van der Waals surface area contributed by atoms with Gasteiger partial charge in [-0.3, -0.25) is 0 Å². The second kappa shape index (κ2) is 5.99. The van der Waals surface area contributed by atoms with Crippen LogP contribution in [0.15, 0.2) is 41.3 Å². The van der Waals surface area contributed by atoms with Crippen molar-refractivity contribution in [2.75, 3.05) is 0 Å². The number of rotatable bonds is 4. The predicted molar refractivity (Wildman–Crippen MR) is 74.9 cm³/mol. The van der Waals surface area contributed by atoms with Crippen molar-refractivity contribution >= 4 is 19.7 Å². The summed E-state index contributed by atoms with van der Waals surface area (Å²) < 4.78 is 54.7. The molecule has 3 nitrogen and oxygen atoms in total. The van der Waals surface area contributed by atoms with Crippen molar-refractivity contribution in [3.05, 3.63) is 59.2 Å². The Balaban J connectivity index is 2.20. The average molecular weight is 333 g/mol. The largest absolute Gasteiger partial charge is 0.489 e. The Morgan fingerprint density at radius 3 is 2.29 bits per heavy atom. The predicted octanol–water partition coefficient (Wildman–Crippen LogP) is 3.78. The van der Waals surface area contributed by atoms with Crippen LogP contribution in [0.25, 0.3) is 0 Å². The molecule has 0 fully saturated rings. The molecule has 0 radical (unpaired) electrons. The number of ether oxygens (including phenoxy) is 1. The van der Waals surface area contributed by atoms with Gasteiger partial charge in [-0.1, -0.05) is 6.07 Å². The fourth-order valence-electron chi connectivity index (χ4n) is 1.81. The van der Waals surface area contributed by atoms with Crippen molar-refractivity contribution in [3.63, 3.8) is 0 Å². The van der Waals surface area contributed by atoms with Crippen molar-refractivity contribution in [3.8, 4) is 5.75 Å². The Morgan fingerprint density at radius 1 is 1.14 bits per heavy atom. The first-order valence-corrected chi connectivity index (χ1v) is 8.21. The van der Waals surface area contributed by atoms with Gasteiger partial charge in [-0.05, 0) is 42.8 Å². The molecule has 0 aliphatic rings. The van der Waals surface area contributed by atoms with E-state index >= 15 is 0 Å². The lowest BCUT2D eigenvalue weighted by Crippen LogP contribution is -2.02. The highest BCUT2D eigenvalue weighted by molar-refractivity contribution is 8.13. The van der Waals surface area contributed by atoms with Gasteiger partial charge in [0.25, 0.3) is 9.05 Å². The quantitative estimate of drug-likeness (QED) is 0.800. The smallest absolute Gasteiger partial charge is 0.261 e. The van der Waals surface area contributed by atoms with Crippen LogP contribution in [-0.2, 0) is 15.7 Å². The van der Waals surface area contributed by atoms with E-state index in [9.17, 15) is 17.2 Å². The second-order valence-corrected chi connectivity index (χ2v) is 6.89. The first kappa shape index (κ1) is 15.7. The summed E-state index contributed by atoms with van der Waals surface area (Å²) in [5.41, 5.74) is 0.195. The van der Waals surface area contributed by atoms with Crippen LogP contribution in [0.5, 0.6) is 5.75 Å². The van der Waals surface area contributed by atoms with Crippen molar-refractivity contribution in [2.24, 2.45) is 0 Å². The molecule has 2 aromatic carbocycles. The molecule has 0 saturated heterocycles. The molecule has 2 aromatic rings. The molecule has 0 amide bonds. The maximum absolute atomic E-state index is 13.4. The zero-order valence-corrected chi connectivity index (χ0v) is 12.5. The van der Waals surface area contributed by atoms with E-state index in [-0.39, 0.29) is 17.1 Å². The minimum absolute atomic E-state index is 0.0337. The molecule has 21 heavy (non-hydrogen) atoms. The van der Waals surface area contributed by atoms with Crippen LogP contribution >= 0.6 is 10.7 Å². The normalized spacial score (nSPS) is 11.4. The van der Waals surface area contributed by atoms with Gasteiger partial charge in [-0.25, -0.2) is 17.2 Å². The first-order chi connectivity index (χ1) is 9.79. The van der Waals surface area contributed by atoms with Crippen LogP contribution in [0.3, 0.4) is 0 Å². The number of hydrogen-bond donors (Lipinski definition) is 0. The van der Waals surface area contributed by atoms with Gasteiger partial charge >= 0.3 is 0 Å². The van der Waals surface area contributed by atoms with E-state index in [4.69, 9.17) is 15.4 Å². The highest BCUT2D eigenvalue weighted by atomic mass is 35.7. The summed E-state index contributed by atoms with van der Waals surface area (Å²) in [6, 6.07) is 7.63. The Bertz CT molecular complexity index is 756. The van der Waals surface area contributed by atoms with Crippen molar-refractivity contribution in [1.82, 2.24) is 0 Å². The fourth-order valence-corrected chi connectivity index (χ4v) is 3.00. The molecular formula is C14H11ClF2O3S. The summed E-state index contributed by atoms with van der Waals surface area (Å²) in [5, 5.41) is 0. The molecule has 0 saturated carbocycles. The van der Waals surface area contributed by atoms with Gasteiger partial charge in [-0.15, -0.1) is 0 Å². The maximum atomic E-state index is 13.4. The molecule has 0 aliphatic heterocycles. The molecule has 0 unspecified atom stereocenters. The third-order valence-electron chi connectivity index (χ3n) is 2.85. The summed E-state index contributed by atoms with van der Waals surface area (Å²) in [7, 11) is 1.43. The minimum Gasteiger partial charge on any atom is -0.489 e. The number of hydrogen-bond acceptors (Lipinski definition) is 3. The van der Waals surface area contributed by atoms with Crippen LogP contribution in [-0.4, -0.2) is 8.42 Å². The van der Waals surface area contributed by atoms with Gasteiger partial charge in [0, 0.05) is 10.7 Å². The number of aryl methyl sites for hydroxylation is 1. The lowest BCUT2D eigenvalue weighted by Gasteiger charge is -2.10. The summed E-state index contributed by atoms with van der Waals surface area (Å²) in [4.78, 5) is -0.0337. The molecular weight excluding hydrogens is 322 g/mol. The molecule has 0 aromatic heterocycles. The highest BCUT2D eigenvalue weighted by Gasteiger charge is 2.14. The van der Waals surface area contributed by atoms with Gasteiger partial charge in [0.2, 0.25) is 0 Å². The molecule has 0 aliphatic carbocycles. The van der Waals surface area contributed by atoms with E-state index in [1.807, 2.05) is 0 Å². The van der Waals surface area contributed by atoms with Crippen LogP contribution in [0, 0.1) is 18.6 Å². The van der Waals surface area contributed by atoms with Gasteiger partial charge in [0.1, 0.15) is 24.0 Å². The Hall–Kier alpha value is -1.66. The van der Waals surface area contributed by atoms with Crippen LogP contribution in [0.2, 0.25) is 0 Å². The second-order valence-electron chi connectivity index (χ2n) is 4.35. The van der Waals surface area contributed by atoms with Crippen molar-refractivity contribution in [2.45, 2.75) is 18.4 Å². The van der Waals surface area contributed by atoms with Gasteiger partial charge in [0.05, 0.1) is 10.5 Å². The molecule has 0 spiro atoms. The zero-order chi connectivity index (χ0) is 15.6. The van der Waals surface area contributed by atoms with E-state index in [1.54, 1.807) is 6.92 Å². The summed E-state index contributed by atoms with van der Waals surface area (Å²) >= 11 is 0. The first-order valence-electron chi connectivity index (χ1n) is 5.90.